The lowest BCUT2D eigenvalue weighted by molar-refractivity contribution is -0.111. The first kappa shape index (κ1) is 17.4. The Kier molecular flexibility index (Phi) is 5.31. The zero-order valence-corrected chi connectivity index (χ0v) is 14.9. The van der Waals surface area contributed by atoms with Crippen molar-refractivity contribution in [2.45, 2.75) is 13.3 Å². The van der Waals surface area contributed by atoms with E-state index < -0.39 is 0 Å². The van der Waals surface area contributed by atoms with Crippen LogP contribution in [0, 0.1) is 0 Å². The highest BCUT2D eigenvalue weighted by Crippen LogP contribution is 2.29. The van der Waals surface area contributed by atoms with E-state index in [1.54, 1.807) is 24.3 Å². The number of benzene rings is 2. The third kappa shape index (κ3) is 4.16. The summed E-state index contributed by atoms with van der Waals surface area (Å²) in [6.07, 6.45) is 2.10. The lowest BCUT2D eigenvalue weighted by atomic mass is 10.1. The van der Waals surface area contributed by atoms with Crippen LogP contribution in [0.5, 0.6) is 0 Å². The SMILES string of the molecule is CC(=O)/C(=C/c1cccc(Cl)c1Cl)c1nnc(Cc2ccccc2)o1. The van der Waals surface area contributed by atoms with Gasteiger partial charge >= 0.3 is 0 Å². The summed E-state index contributed by atoms with van der Waals surface area (Å²) < 4.78 is 5.67. The number of halogens is 2. The van der Waals surface area contributed by atoms with Crippen LogP contribution in [0.15, 0.2) is 52.9 Å². The lowest BCUT2D eigenvalue weighted by Gasteiger charge is -2.03. The topological polar surface area (TPSA) is 56.0 Å². The summed E-state index contributed by atoms with van der Waals surface area (Å²) in [5.74, 6) is 0.394. The van der Waals surface area contributed by atoms with E-state index in [9.17, 15) is 4.79 Å². The molecule has 3 rings (SSSR count). The van der Waals surface area contributed by atoms with Gasteiger partial charge < -0.3 is 4.42 Å². The minimum absolute atomic E-state index is 0.162. The van der Waals surface area contributed by atoms with E-state index in [1.807, 2.05) is 30.3 Å². The number of aromatic nitrogens is 2. The van der Waals surface area contributed by atoms with Crippen molar-refractivity contribution < 1.29 is 9.21 Å². The smallest absolute Gasteiger partial charge is 0.251 e. The van der Waals surface area contributed by atoms with Crippen molar-refractivity contribution in [3.05, 3.63) is 81.5 Å². The molecule has 2 aromatic carbocycles. The highest BCUT2D eigenvalue weighted by Gasteiger charge is 2.17. The normalized spacial score (nSPS) is 11.6. The molecule has 0 saturated heterocycles. The summed E-state index contributed by atoms with van der Waals surface area (Å²) in [4.78, 5) is 12.0. The molecule has 0 aliphatic carbocycles. The van der Waals surface area contributed by atoms with Crippen molar-refractivity contribution in [3.63, 3.8) is 0 Å². The molecule has 0 aliphatic rings. The molecule has 0 N–H and O–H groups in total. The molecule has 0 radical (unpaired) electrons. The minimum atomic E-state index is -0.203. The molecule has 0 fully saturated rings. The molecule has 1 heterocycles. The van der Waals surface area contributed by atoms with Crippen LogP contribution in [0.3, 0.4) is 0 Å². The third-order valence-electron chi connectivity index (χ3n) is 3.56. The van der Waals surface area contributed by atoms with Crippen LogP contribution in [0.2, 0.25) is 10.0 Å². The fourth-order valence-electron chi connectivity index (χ4n) is 2.31. The average Bonchev–Trinajstić information content (AvgIpc) is 3.05. The van der Waals surface area contributed by atoms with Crippen LogP contribution in [0.1, 0.15) is 29.8 Å². The monoisotopic (exact) mass is 372 g/mol. The van der Waals surface area contributed by atoms with Gasteiger partial charge in [-0.15, -0.1) is 10.2 Å². The maximum absolute atomic E-state index is 12.0. The van der Waals surface area contributed by atoms with Gasteiger partial charge in [-0.1, -0.05) is 65.7 Å². The maximum atomic E-state index is 12.0. The van der Waals surface area contributed by atoms with Gasteiger partial charge in [-0.25, -0.2) is 0 Å². The third-order valence-corrected chi connectivity index (χ3v) is 4.39. The Labute approximate surface area is 155 Å². The number of nitrogens with zero attached hydrogens (tertiary/aromatic N) is 2. The van der Waals surface area contributed by atoms with Crippen LogP contribution in [0.25, 0.3) is 11.6 Å². The molecule has 25 heavy (non-hydrogen) atoms. The largest absolute Gasteiger partial charge is 0.420 e. The molecule has 3 aromatic rings. The Morgan fingerprint density at radius 3 is 2.56 bits per heavy atom. The molecule has 0 saturated carbocycles. The Morgan fingerprint density at radius 1 is 1.08 bits per heavy atom. The van der Waals surface area contributed by atoms with Gasteiger partial charge in [-0.3, -0.25) is 4.79 Å². The molecule has 0 aliphatic heterocycles. The van der Waals surface area contributed by atoms with Crippen molar-refractivity contribution in [2.24, 2.45) is 0 Å². The van der Waals surface area contributed by atoms with Crippen molar-refractivity contribution in [3.8, 4) is 0 Å². The predicted octanol–water partition coefficient (Wildman–Crippen LogP) is 5.10. The lowest BCUT2D eigenvalue weighted by Crippen LogP contribution is -1.96. The molecular formula is C19H14Cl2N2O2. The molecule has 126 valence electrons. The summed E-state index contributed by atoms with van der Waals surface area (Å²) in [6.45, 7) is 1.44. The predicted molar refractivity (Wildman–Crippen MR) is 98.6 cm³/mol. The molecule has 6 heteroatoms. The highest BCUT2D eigenvalue weighted by molar-refractivity contribution is 6.43. The summed E-state index contributed by atoms with van der Waals surface area (Å²) in [5.41, 5.74) is 1.95. The van der Waals surface area contributed by atoms with E-state index in [4.69, 9.17) is 27.6 Å². The molecule has 0 spiro atoms. The van der Waals surface area contributed by atoms with Crippen LogP contribution in [0.4, 0.5) is 0 Å². The Bertz CT molecular complexity index is 934. The van der Waals surface area contributed by atoms with E-state index in [0.29, 0.717) is 27.9 Å². The molecular weight excluding hydrogens is 359 g/mol. The second kappa shape index (κ2) is 7.64. The van der Waals surface area contributed by atoms with Crippen molar-refractivity contribution >= 4 is 40.6 Å². The van der Waals surface area contributed by atoms with Gasteiger partial charge in [0.2, 0.25) is 5.89 Å². The van der Waals surface area contributed by atoms with Crippen LogP contribution in [-0.4, -0.2) is 16.0 Å². The number of carbonyl (C=O) groups is 1. The van der Waals surface area contributed by atoms with E-state index in [1.165, 1.54) is 6.92 Å². The first-order valence-corrected chi connectivity index (χ1v) is 8.33. The summed E-state index contributed by atoms with van der Waals surface area (Å²) in [7, 11) is 0. The zero-order valence-electron chi connectivity index (χ0n) is 13.4. The number of hydrogen-bond donors (Lipinski definition) is 0. The number of rotatable bonds is 5. The molecule has 1 aromatic heterocycles. The molecule has 0 unspecified atom stereocenters. The van der Waals surface area contributed by atoms with Gasteiger partial charge in [0, 0.05) is 0 Å². The summed E-state index contributed by atoms with van der Waals surface area (Å²) in [5, 5.41) is 8.81. The van der Waals surface area contributed by atoms with Gasteiger partial charge in [0.15, 0.2) is 5.78 Å². The number of carbonyl (C=O) groups excluding carboxylic acids is 1. The molecule has 0 atom stereocenters. The van der Waals surface area contributed by atoms with Gasteiger partial charge in [0.05, 0.1) is 22.0 Å². The average molecular weight is 373 g/mol. The number of allylic oxidation sites excluding steroid dienone is 1. The second-order valence-corrected chi connectivity index (χ2v) is 6.21. The standard InChI is InChI=1S/C19H14Cl2N2O2/c1-12(24)15(11-14-8-5-9-16(20)18(14)21)19-23-22-17(25-19)10-13-6-3-2-4-7-13/h2-9,11H,10H2,1H3/b15-11-. The number of Topliss-reactive ketones (excluding diaryl/α,β-unsaturated/α-hetero) is 1. The van der Waals surface area contributed by atoms with E-state index in [2.05, 4.69) is 10.2 Å². The van der Waals surface area contributed by atoms with Crippen LogP contribution < -0.4 is 0 Å². The highest BCUT2D eigenvalue weighted by atomic mass is 35.5. The molecule has 4 nitrogen and oxygen atoms in total. The Balaban J connectivity index is 1.93. The van der Waals surface area contributed by atoms with Gasteiger partial charge in [-0.05, 0) is 30.2 Å². The van der Waals surface area contributed by atoms with Crippen molar-refractivity contribution in [1.29, 1.82) is 0 Å². The zero-order chi connectivity index (χ0) is 17.8. The van der Waals surface area contributed by atoms with E-state index in [0.717, 1.165) is 5.56 Å². The quantitative estimate of drug-likeness (QED) is 0.584. The number of hydrogen-bond acceptors (Lipinski definition) is 4. The fourth-order valence-corrected chi connectivity index (χ4v) is 2.67. The minimum Gasteiger partial charge on any atom is -0.420 e. The van der Waals surface area contributed by atoms with Crippen LogP contribution >= 0.6 is 23.2 Å². The first-order valence-electron chi connectivity index (χ1n) is 7.58. The van der Waals surface area contributed by atoms with Crippen molar-refractivity contribution in [1.82, 2.24) is 10.2 Å². The Morgan fingerprint density at radius 2 is 1.84 bits per heavy atom. The van der Waals surface area contributed by atoms with Gasteiger partial charge in [0.1, 0.15) is 0 Å². The summed E-state index contributed by atoms with van der Waals surface area (Å²) in [6, 6.07) is 15.0. The maximum Gasteiger partial charge on any atom is 0.251 e. The summed E-state index contributed by atoms with van der Waals surface area (Å²) >= 11 is 12.2. The van der Waals surface area contributed by atoms with Crippen molar-refractivity contribution in [2.75, 3.05) is 0 Å². The molecule has 0 amide bonds. The first-order chi connectivity index (χ1) is 12.0. The van der Waals surface area contributed by atoms with Gasteiger partial charge in [0.25, 0.3) is 5.89 Å². The van der Waals surface area contributed by atoms with E-state index in [-0.39, 0.29) is 17.2 Å². The Hall–Kier alpha value is -2.43. The molecule has 0 bridgehead atoms. The van der Waals surface area contributed by atoms with Gasteiger partial charge in [-0.2, -0.15) is 0 Å². The fraction of sp³-hybridized carbons (Fsp3) is 0.105. The second-order valence-electron chi connectivity index (χ2n) is 5.42. The number of ketones is 1. The van der Waals surface area contributed by atoms with Crippen LogP contribution in [-0.2, 0) is 11.2 Å². The van der Waals surface area contributed by atoms with E-state index >= 15 is 0 Å².